The second kappa shape index (κ2) is 11.6. The van der Waals surface area contributed by atoms with Crippen LogP contribution in [0.4, 0.5) is 0 Å². The fourth-order valence-electron chi connectivity index (χ4n) is 3.22. The van der Waals surface area contributed by atoms with Crippen LogP contribution >= 0.6 is 0 Å². The third kappa shape index (κ3) is 6.17. The van der Waals surface area contributed by atoms with Crippen LogP contribution in [0.25, 0.3) is 10.9 Å². The van der Waals surface area contributed by atoms with Crippen molar-refractivity contribution >= 4 is 10.9 Å². The highest BCUT2D eigenvalue weighted by molar-refractivity contribution is 5.83. The summed E-state index contributed by atoms with van der Waals surface area (Å²) in [5.74, 6) is 0. The number of hydrogen-bond acceptors (Lipinski definition) is 4. The van der Waals surface area contributed by atoms with Gasteiger partial charge in [0.1, 0.15) is 0 Å². The monoisotopic (exact) mass is 381 g/mol. The third-order valence-corrected chi connectivity index (χ3v) is 4.71. The Morgan fingerprint density at radius 2 is 1.61 bits per heavy atom. The number of nitrogens with zero attached hydrogens (tertiary/aromatic N) is 1. The fourth-order valence-corrected chi connectivity index (χ4v) is 3.22. The van der Waals surface area contributed by atoms with Crippen molar-refractivity contribution in [2.75, 3.05) is 46.6 Å². The van der Waals surface area contributed by atoms with Crippen LogP contribution in [0.1, 0.15) is 11.1 Å². The molecule has 2 aromatic carbocycles. The van der Waals surface area contributed by atoms with Gasteiger partial charge in [0.25, 0.3) is 0 Å². The maximum absolute atomic E-state index is 5.60. The Hall–Kier alpha value is -2.18. The zero-order valence-electron chi connectivity index (χ0n) is 16.7. The van der Waals surface area contributed by atoms with Crippen molar-refractivity contribution in [2.45, 2.75) is 13.1 Å². The summed E-state index contributed by atoms with van der Waals surface area (Å²) in [5, 5.41) is 7.84. The van der Waals surface area contributed by atoms with Crippen molar-refractivity contribution in [3.8, 4) is 0 Å². The normalized spacial score (nSPS) is 11.3. The maximum atomic E-state index is 5.60. The van der Waals surface area contributed by atoms with Gasteiger partial charge in [-0.3, -0.25) is 0 Å². The number of rotatable bonds is 13. The summed E-state index contributed by atoms with van der Waals surface area (Å²) >= 11 is 0. The molecule has 0 aliphatic carbocycles. The van der Waals surface area contributed by atoms with Crippen molar-refractivity contribution in [3.05, 3.63) is 71.9 Å². The van der Waals surface area contributed by atoms with E-state index >= 15 is 0 Å². The lowest BCUT2D eigenvalue weighted by atomic mass is 10.1. The number of hydrogen-bond donors (Lipinski definition) is 2. The van der Waals surface area contributed by atoms with Gasteiger partial charge < -0.3 is 24.7 Å². The van der Waals surface area contributed by atoms with E-state index in [1.807, 2.05) is 7.05 Å². The number of nitrogens with one attached hydrogen (secondary N) is 2. The average molecular weight is 382 g/mol. The number of aromatic nitrogens is 1. The van der Waals surface area contributed by atoms with E-state index in [4.69, 9.17) is 9.47 Å². The Bertz CT molecular complexity index is 817. The van der Waals surface area contributed by atoms with Gasteiger partial charge in [-0.1, -0.05) is 42.5 Å². The quantitative estimate of drug-likeness (QED) is 0.447. The minimum Gasteiger partial charge on any atom is -0.378 e. The molecule has 1 heterocycles. The molecule has 150 valence electrons. The highest BCUT2D eigenvalue weighted by atomic mass is 16.5. The summed E-state index contributed by atoms with van der Waals surface area (Å²) in [7, 11) is 1.92. The Kier molecular flexibility index (Phi) is 8.53. The van der Waals surface area contributed by atoms with Gasteiger partial charge in [-0.2, -0.15) is 0 Å². The molecule has 0 aliphatic heterocycles. The molecule has 5 heteroatoms. The molecule has 0 unspecified atom stereocenters. The van der Waals surface area contributed by atoms with Gasteiger partial charge in [0, 0.05) is 43.3 Å². The molecular weight excluding hydrogens is 350 g/mol. The average Bonchev–Trinajstić information content (AvgIpc) is 3.14. The minimum absolute atomic E-state index is 0.642. The fraction of sp³-hybridized carbons (Fsp3) is 0.391. The molecule has 3 rings (SSSR count). The van der Waals surface area contributed by atoms with E-state index in [2.05, 4.69) is 76.0 Å². The van der Waals surface area contributed by atoms with Crippen molar-refractivity contribution < 1.29 is 9.47 Å². The maximum Gasteiger partial charge on any atom is 0.0701 e. The summed E-state index contributed by atoms with van der Waals surface area (Å²) < 4.78 is 13.3. The SMILES string of the molecule is CNCCOCCOCCNCc1cccc2c1ccn2Cc1ccccc1. The van der Waals surface area contributed by atoms with Crippen LogP contribution in [0.15, 0.2) is 60.8 Å². The molecule has 0 saturated carbocycles. The molecule has 1 aromatic heterocycles. The molecular formula is C23H31N3O2. The number of fused-ring (bicyclic) bond motifs is 1. The zero-order chi connectivity index (χ0) is 19.4. The van der Waals surface area contributed by atoms with E-state index in [-0.39, 0.29) is 0 Å². The summed E-state index contributed by atoms with van der Waals surface area (Å²) in [5.41, 5.74) is 3.91. The van der Waals surface area contributed by atoms with Crippen LogP contribution in [0, 0.1) is 0 Å². The van der Waals surface area contributed by atoms with Crippen LogP contribution in [-0.2, 0) is 22.6 Å². The van der Waals surface area contributed by atoms with Crippen LogP contribution < -0.4 is 10.6 Å². The van der Waals surface area contributed by atoms with Gasteiger partial charge in [-0.05, 0) is 30.3 Å². The van der Waals surface area contributed by atoms with E-state index in [0.29, 0.717) is 19.8 Å². The first-order chi connectivity index (χ1) is 13.9. The molecule has 0 atom stereocenters. The van der Waals surface area contributed by atoms with E-state index in [1.165, 1.54) is 22.0 Å². The van der Waals surface area contributed by atoms with Gasteiger partial charge in [-0.15, -0.1) is 0 Å². The third-order valence-electron chi connectivity index (χ3n) is 4.71. The van der Waals surface area contributed by atoms with Gasteiger partial charge >= 0.3 is 0 Å². The lowest BCUT2D eigenvalue weighted by Gasteiger charge is -2.09. The first-order valence-corrected chi connectivity index (χ1v) is 10.00. The molecule has 0 saturated heterocycles. The van der Waals surface area contributed by atoms with E-state index in [1.54, 1.807) is 0 Å². The summed E-state index contributed by atoms with van der Waals surface area (Å²) in [6.45, 7) is 6.16. The molecule has 0 bridgehead atoms. The molecule has 2 N–H and O–H groups in total. The highest BCUT2D eigenvalue weighted by Crippen LogP contribution is 2.21. The topological polar surface area (TPSA) is 47.4 Å². The largest absolute Gasteiger partial charge is 0.378 e. The first kappa shape index (κ1) is 20.6. The standard InChI is InChI=1S/C23H31N3O2/c1-24-11-14-27-16-17-28-15-12-25-18-21-8-5-9-23-22(21)10-13-26(23)19-20-6-3-2-4-7-20/h2-10,13,24-25H,11-12,14-19H2,1H3. The summed E-state index contributed by atoms with van der Waals surface area (Å²) in [6, 6.07) is 19.3. The lowest BCUT2D eigenvalue weighted by molar-refractivity contribution is 0.0503. The molecule has 0 spiro atoms. The van der Waals surface area contributed by atoms with Crippen LogP contribution in [0.3, 0.4) is 0 Å². The van der Waals surface area contributed by atoms with E-state index in [0.717, 1.165) is 32.8 Å². The van der Waals surface area contributed by atoms with Gasteiger partial charge in [0.05, 0.1) is 26.4 Å². The predicted molar refractivity (Wildman–Crippen MR) is 115 cm³/mol. The van der Waals surface area contributed by atoms with Crippen molar-refractivity contribution in [1.29, 1.82) is 0 Å². The summed E-state index contributed by atoms with van der Waals surface area (Å²) in [6.07, 6.45) is 2.18. The molecule has 5 nitrogen and oxygen atoms in total. The van der Waals surface area contributed by atoms with Gasteiger partial charge in [-0.25, -0.2) is 0 Å². The van der Waals surface area contributed by atoms with Gasteiger partial charge in [0.15, 0.2) is 0 Å². The molecule has 28 heavy (non-hydrogen) atoms. The molecule has 0 aliphatic rings. The Balaban J connectivity index is 1.43. The summed E-state index contributed by atoms with van der Waals surface area (Å²) in [4.78, 5) is 0. The van der Waals surface area contributed by atoms with Gasteiger partial charge in [0.2, 0.25) is 0 Å². The molecule has 0 fully saturated rings. The Morgan fingerprint density at radius 1 is 0.821 bits per heavy atom. The minimum atomic E-state index is 0.642. The smallest absolute Gasteiger partial charge is 0.0701 e. The Labute approximate surface area is 167 Å². The van der Waals surface area contributed by atoms with E-state index in [9.17, 15) is 0 Å². The van der Waals surface area contributed by atoms with Crippen molar-refractivity contribution in [2.24, 2.45) is 0 Å². The molecule has 0 radical (unpaired) electrons. The first-order valence-electron chi connectivity index (χ1n) is 10.00. The number of benzene rings is 2. The zero-order valence-corrected chi connectivity index (χ0v) is 16.7. The molecule has 3 aromatic rings. The molecule has 0 amide bonds. The number of likely N-dealkylation sites (N-methyl/N-ethyl adjacent to an activating group) is 1. The van der Waals surface area contributed by atoms with Crippen LogP contribution in [0.2, 0.25) is 0 Å². The predicted octanol–water partition coefficient (Wildman–Crippen LogP) is 3.03. The lowest BCUT2D eigenvalue weighted by Crippen LogP contribution is -2.21. The van der Waals surface area contributed by atoms with Crippen LogP contribution in [0.5, 0.6) is 0 Å². The van der Waals surface area contributed by atoms with Crippen molar-refractivity contribution in [1.82, 2.24) is 15.2 Å². The van der Waals surface area contributed by atoms with E-state index < -0.39 is 0 Å². The second-order valence-electron chi connectivity index (χ2n) is 6.78. The second-order valence-corrected chi connectivity index (χ2v) is 6.78. The highest BCUT2D eigenvalue weighted by Gasteiger charge is 2.06. The van der Waals surface area contributed by atoms with Crippen molar-refractivity contribution in [3.63, 3.8) is 0 Å². The number of ether oxygens (including phenoxy) is 2. The van der Waals surface area contributed by atoms with Crippen LogP contribution in [-0.4, -0.2) is 51.1 Å². The Morgan fingerprint density at radius 3 is 2.39 bits per heavy atom.